The second-order valence-corrected chi connectivity index (χ2v) is 3.55. The standard InChI is InChI=1S/C12H13Cl/c1-9-6-4-5-7-12(9)8-10(2)11(3)13/h4-8H,3H2,1-2H3/b10-8-. The highest BCUT2D eigenvalue weighted by molar-refractivity contribution is 6.31. The van der Waals surface area contributed by atoms with Crippen LogP contribution in [0, 0.1) is 6.92 Å². The highest BCUT2D eigenvalue weighted by atomic mass is 35.5. The van der Waals surface area contributed by atoms with Gasteiger partial charge in [-0.05, 0) is 30.5 Å². The fraction of sp³-hybridized carbons (Fsp3) is 0.167. The summed E-state index contributed by atoms with van der Waals surface area (Å²) in [4.78, 5) is 0. The second-order valence-electron chi connectivity index (χ2n) is 3.09. The van der Waals surface area contributed by atoms with Gasteiger partial charge in [0.1, 0.15) is 0 Å². The molecule has 0 atom stereocenters. The SMILES string of the molecule is C=C(Cl)/C(C)=C\c1ccccc1C. The van der Waals surface area contributed by atoms with Crippen LogP contribution >= 0.6 is 11.6 Å². The summed E-state index contributed by atoms with van der Waals surface area (Å²) in [5.74, 6) is 0. The van der Waals surface area contributed by atoms with E-state index in [1.807, 2.05) is 25.1 Å². The molecule has 0 fully saturated rings. The molecule has 0 aliphatic rings. The van der Waals surface area contributed by atoms with Crippen LogP contribution in [0.5, 0.6) is 0 Å². The van der Waals surface area contributed by atoms with E-state index in [0.29, 0.717) is 5.03 Å². The van der Waals surface area contributed by atoms with Crippen molar-refractivity contribution in [2.45, 2.75) is 13.8 Å². The number of allylic oxidation sites excluding steroid dienone is 2. The lowest BCUT2D eigenvalue weighted by Gasteiger charge is -2.01. The molecule has 0 saturated heterocycles. The van der Waals surface area contributed by atoms with Gasteiger partial charge in [0.25, 0.3) is 0 Å². The molecule has 0 heterocycles. The third kappa shape index (κ3) is 2.74. The van der Waals surface area contributed by atoms with Crippen LogP contribution in [-0.2, 0) is 0 Å². The van der Waals surface area contributed by atoms with Crippen LogP contribution < -0.4 is 0 Å². The summed E-state index contributed by atoms with van der Waals surface area (Å²) in [5, 5.41) is 0.600. The van der Waals surface area contributed by atoms with Gasteiger partial charge in [0, 0.05) is 5.03 Å². The van der Waals surface area contributed by atoms with Gasteiger partial charge in [-0.2, -0.15) is 0 Å². The van der Waals surface area contributed by atoms with Gasteiger partial charge in [0.15, 0.2) is 0 Å². The normalized spacial score (nSPS) is 11.5. The van der Waals surface area contributed by atoms with E-state index in [-0.39, 0.29) is 0 Å². The van der Waals surface area contributed by atoms with E-state index in [1.54, 1.807) is 0 Å². The van der Waals surface area contributed by atoms with E-state index in [2.05, 4.69) is 25.6 Å². The molecule has 0 amide bonds. The first-order chi connectivity index (χ1) is 6.11. The topological polar surface area (TPSA) is 0 Å². The highest BCUT2D eigenvalue weighted by Crippen LogP contribution is 2.17. The molecule has 0 aliphatic carbocycles. The molecule has 0 unspecified atom stereocenters. The Bertz CT molecular complexity index is 348. The second kappa shape index (κ2) is 4.29. The third-order valence-corrected chi connectivity index (χ3v) is 2.29. The van der Waals surface area contributed by atoms with Crippen molar-refractivity contribution in [1.29, 1.82) is 0 Å². The van der Waals surface area contributed by atoms with Crippen LogP contribution in [0.25, 0.3) is 6.08 Å². The minimum atomic E-state index is 0.600. The lowest BCUT2D eigenvalue weighted by atomic mass is 10.1. The zero-order chi connectivity index (χ0) is 9.84. The van der Waals surface area contributed by atoms with Crippen LogP contribution in [0.3, 0.4) is 0 Å². The quantitative estimate of drug-likeness (QED) is 0.618. The molecule has 1 heteroatoms. The largest absolute Gasteiger partial charge is 0.0847 e. The number of halogens is 1. The summed E-state index contributed by atoms with van der Waals surface area (Å²) in [6.45, 7) is 7.72. The van der Waals surface area contributed by atoms with E-state index >= 15 is 0 Å². The Morgan fingerprint density at radius 2 is 2.00 bits per heavy atom. The third-order valence-electron chi connectivity index (χ3n) is 1.99. The van der Waals surface area contributed by atoms with Crippen molar-refractivity contribution in [2.24, 2.45) is 0 Å². The maximum atomic E-state index is 5.77. The number of hydrogen-bond donors (Lipinski definition) is 0. The maximum Gasteiger partial charge on any atom is 0.0363 e. The Balaban J connectivity index is 3.04. The molecule has 0 saturated carbocycles. The first-order valence-electron chi connectivity index (χ1n) is 4.20. The zero-order valence-electron chi connectivity index (χ0n) is 7.97. The molecule has 0 radical (unpaired) electrons. The fourth-order valence-electron chi connectivity index (χ4n) is 1.06. The van der Waals surface area contributed by atoms with E-state index in [0.717, 1.165) is 5.57 Å². The smallest absolute Gasteiger partial charge is 0.0363 e. The van der Waals surface area contributed by atoms with Gasteiger partial charge in [-0.25, -0.2) is 0 Å². The zero-order valence-corrected chi connectivity index (χ0v) is 8.73. The number of rotatable bonds is 2. The fourth-order valence-corrected chi connectivity index (χ4v) is 1.11. The number of benzene rings is 1. The molecule has 0 N–H and O–H groups in total. The van der Waals surface area contributed by atoms with Crippen molar-refractivity contribution in [3.63, 3.8) is 0 Å². The summed E-state index contributed by atoms with van der Waals surface area (Å²) in [6, 6.07) is 8.19. The molecule has 0 aromatic heterocycles. The molecular formula is C12H13Cl. The minimum Gasteiger partial charge on any atom is -0.0847 e. The van der Waals surface area contributed by atoms with Gasteiger partial charge < -0.3 is 0 Å². The van der Waals surface area contributed by atoms with Crippen LogP contribution in [0.2, 0.25) is 0 Å². The first kappa shape index (κ1) is 10.1. The molecule has 1 aromatic carbocycles. The summed E-state index contributed by atoms with van der Waals surface area (Å²) in [5.41, 5.74) is 3.46. The molecule has 68 valence electrons. The lowest BCUT2D eigenvalue weighted by molar-refractivity contribution is 1.43. The predicted octanol–water partition coefficient (Wildman–Crippen LogP) is 4.15. The summed E-state index contributed by atoms with van der Waals surface area (Å²) in [6.07, 6.45) is 2.05. The van der Waals surface area contributed by atoms with Crippen LogP contribution in [0.1, 0.15) is 18.1 Å². The van der Waals surface area contributed by atoms with Gasteiger partial charge in [0.2, 0.25) is 0 Å². The average molecular weight is 193 g/mol. The van der Waals surface area contributed by atoms with Crippen molar-refractivity contribution in [3.8, 4) is 0 Å². The Hall–Kier alpha value is -1.01. The van der Waals surface area contributed by atoms with Crippen LogP contribution in [-0.4, -0.2) is 0 Å². The van der Waals surface area contributed by atoms with Gasteiger partial charge in [-0.3, -0.25) is 0 Å². The van der Waals surface area contributed by atoms with Crippen LogP contribution in [0.15, 0.2) is 41.4 Å². The number of aryl methyl sites for hydroxylation is 1. The Kier molecular flexibility index (Phi) is 3.32. The van der Waals surface area contributed by atoms with Crippen molar-refractivity contribution >= 4 is 17.7 Å². The van der Waals surface area contributed by atoms with Gasteiger partial charge in [-0.1, -0.05) is 48.5 Å². The van der Waals surface area contributed by atoms with Crippen molar-refractivity contribution in [1.82, 2.24) is 0 Å². The Morgan fingerprint density at radius 1 is 1.38 bits per heavy atom. The van der Waals surface area contributed by atoms with E-state index in [4.69, 9.17) is 11.6 Å². The first-order valence-corrected chi connectivity index (χ1v) is 4.58. The molecule has 0 bridgehead atoms. The Morgan fingerprint density at radius 3 is 2.54 bits per heavy atom. The van der Waals surface area contributed by atoms with Gasteiger partial charge >= 0.3 is 0 Å². The molecule has 0 nitrogen and oxygen atoms in total. The van der Waals surface area contributed by atoms with Crippen LogP contribution in [0.4, 0.5) is 0 Å². The molecular weight excluding hydrogens is 180 g/mol. The monoisotopic (exact) mass is 192 g/mol. The predicted molar refractivity (Wildman–Crippen MR) is 59.8 cm³/mol. The van der Waals surface area contributed by atoms with Gasteiger partial charge in [-0.15, -0.1) is 0 Å². The van der Waals surface area contributed by atoms with E-state index in [1.165, 1.54) is 11.1 Å². The van der Waals surface area contributed by atoms with E-state index in [9.17, 15) is 0 Å². The van der Waals surface area contributed by atoms with E-state index < -0.39 is 0 Å². The average Bonchev–Trinajstić information content (AvgIpc) is 2.08. The molecule has 13 heavy (non-hydrogen) atoms. The minimum absolute atomic E-state index is 0.600. The number of hydrogen-bond acceptors (Lipinski definition) is 0. The van der Waals surface area contributed by atoms with Crippen molar-refractivity contribution in [2.75, 3.05) is 0 Å². The molecule has 1 aromatic rings. The maximum absolute atomic E-state index is 5.77. The Labute approximate surface area is 84.5 Å². The molecule has 1 rings (SSSR count). The summed E-state index contributed by atoms with van der Waals surface area (Å²) >= 11 is 5.77. The molecule has 0 aliphatic heterocycles. The van der Waals surface area contributed by atoms with Gasteiger partial charge in [0.05, 0.1) is 0 Å². The van der Waals surface area contributed by atoms with Crippen molar-refractivity contribution in [3.05, 3.63) is 52.6 Å². The summed E-state index contributed by atoms with van der Waals surface area (Å²) in [7, 11) is 0. The highest BCUT2D eigenvalue weighted by Gasteiger charge is 1.95. The van der Waals surface area contributed by atoms with Crippen molar-refractivity contribution < 1.29 is 0 Å². The summed E-state index contributed by atoms with van der Waals surface area (Å²) < 4.78 is 0. The lowest BCUT2D eigenvalue weighted by Crippen LogP contribution is -1.81. The molecule has 0 spiro atoms.